The number of ether oxygens (including phenoxy) is 1. The van der Waals surface area contributed by atoms with Crippen molar-refractivity contribution in [3.8, 4) is 5.75 Å². The second-order valence-corrected chi connectivity index (χ2v) is 8.71. The van der Waals surface area contributed by atoms with E-state index < -0.39 is 17.8 Å². The van der Waals surface area contributed by atoms with E-state index in [1.165, 1.54) is 18.2 Å². The number of hydrogen-bond donors (Lipinski definition) is 3. The summed E-state index contributed by atoms with van der Waals surface area (Å²) < 4.78 is 19.4. The Kier molecular flexibility index (Phi) is 9.00. The Morgan fingerprint density at radius 2 is 1.86 bits per heavy atom. The van der Waals surface area contributed by atoms with Crippen molar-refractivity contribution in [3.05, 3.63) is 59.5 Å². The van der Waals surface area contributed by atoms with Crippen LogP contribution in [0.2, 0.25) is 0 Å². The Morgan fingerprint density at radius 1 is 1.09 bits per heavy atom. The number of aromatic nitrogens is 1. The van der Waals surface area contributed by atoms with Crippen LogP contribution in [0, 0.1) is 12.7 Å². The van der Waals surface area contributed by atoms with Gasteiger partial charge in [0.25, 0.3) is 0 Å². The number of benzene rings is 2. The number of anilines is 1. The summed E-state index contributed by atoms with van der Waals surface area (Å²) in [6.45, 7) is 3.44. The van der Waals surface area contributed by atoms with Crippen LogP contribution in [0.1, 0.15) is 50.3 Å². The molecule has 35 heavy (non-hydrogen) atoms. The van der Waals surface area contributed by atoms with Crippen LogP contribution in [0.4, 0.5) is 10.1 Å². The fraction of sp³-hybridized carbons (Fsp3) is 0.370. The topological polar surface area (TPSA) is 100 Å². The Bertz CT molecular complexity index is 1200. The van der Waals surface area contributed by atoms with Crippen LogP contribution in [-0.4, -0.2) is 35.7 Å². The number of aromatic amines is 1. The summed E-state index contributed by atoms with van der Waals surface area (Å²) in [5.41, 5.74) is 2.64. The molecule has 0 aliphatic carbocycles. The van der Waals surface area contributed by atoms with Gasteiger partial charge in [0, 0.05) is 23.0 Å². The lowest BCUT2D eigenvalue weighted by Gasteiger charge is -2.19. The molecule has 0 spiro atoms. The summed E-state index contributed by atoms with van der Waals surface area (Å²) in [6.07, 6.45) is 3.06. The second-order valence-electron chi connectivity index (χ2n) is 8.71. The van der Waals surface area contributed by atoms with Crippen LogP contribution in [-0.2, 0) is 20.8 Å². The number of hydrogen-bond acceptors (Lipinski definition) is 4. The third-order valence-electron chi connectivity index (χ3n) is 5.97. The van der Waals surface area contributed by atoms with E-state index in [1.54, 1.807) is 20.1 Å². The first-order valence-corrected chi connectivity index (χ1v) is 11.8. The third-order valence-corrected chi connectivity index (χ3v) is 5.97. The summed E-state index contributed by atoms with van der Waals surface area (Å²) in [4.78, 5) is 40.4. The fourth-order valence-corrected chi connectivity index (χ4v) is 4.07. The number of nitrogens with one attached hydrogen (secondary N) is 3. The minimum absolute atomic E-state index is 0.0629. The van der Waals surface area contributed by atoms with Crippen LogP contribution in [0.5, 0.6) is 5.75 Å². The molecule has 186 valence electrons. The van der Waals surface area contributed by atoms with Gasteiger partial charge in [-0.15, -0.1) is 0 Å². The number of ketones is 1. The van der Waals surface area contributed by atoms with Gasteiger partial charge in [0.15, 0.2) is 0 Å². The highest BCUT2D eigenvalue weighted by molar-refractivity contribution is 5.98. The highest BCUT2D eigenvalue weighted by Gasteiger charge is 2.23. The monoisotopic (exact) mass is 481 g/mol. The Morgan fingerprint density at radius 3 is 2.57 bits per heavy atom. The van der Waals surface area contributed by atoms with Gasteiger partial charge in [-0.3, -0.25) is 9.59 Å². The summed E-state index contributed by atoms with van der Waals surface area (Å²) in [5, 5.41) is 6.30. The third kappa shape index (κ3) is 7.15. The number of rotatable bonds is 12. The molecule has 2 aromatic carbocycles. The minimum Gasteiger partial charge on any atom is -0.497 e. The molecule has 0 saturated heterocycles. The number of carbonyl (C=O) groups excluding carboxylic acids is 3. The summed E-state index contributed by atoms with van der Waals surface area (Å²) in [6, 6.07) is 10.7. The van der Waals surface area contributed by atoms with Gasteiger partial charge >= 0.3 is 0 Å². The molecule has 8 heteroatoms. The average Bonchev–Trinajstić information content (AvgIpc) is 3.13. The Balaban J connectivity index is 1.72. The molecule has 1 aromatic heterocycles. The number of fused-ring (bicyclic) bond motifs is 1. The Labute approximate surface area is 204 Å². The van der Waals surface area contributed by atoms with Crippen molar-refractivity contribution >= 4 is 34.2 Å². The Hall–Kier alpha value is -3.68. The molecular weight excluding hydrogens is 449 g/mol. The standard InChI is InChI=1S/C27H32FN3O4/c1-17(32)9-5-4-6-12-25(27(34)31-24-11-8-7-10-22(24)28)30-26(33)16-20-18(2)29-23-14-13-19(35-3)15-21(20)23/h7-8,10-11,13-15,25,29H,4-6,9,12,16H2,1-3H3,(H,30,33)(H,31,34). The number of amides is 2. The smallest absolute Gasteiger partial charge is 0.247 e. The summed E-state index contributed by atoms with van der Waals surface area (Å²) in [5.74, 6) is -0.527. The van der Waals surface area contributed by atoms with Gasteiger partial charge < -0.3 is 25.1 Å². The first kappa shape index (κ1) is 25.9. The first-order valence-electron chi connectivity index (χ1n) is 11.8. The van der Waals surface area contributed by atoms with E-state index in [-0.39, 0.29) is 23.8 Å². The highest BCUT2D eigenvalue weighted by Crippen LogP contribution is 2.27. The molecular formula is C27H32FN3O4. The van der Waals surface area contributed by atoms with E-state index in [0.29, 0.717) is 25.0 Å². The van der Waals surface area contributed by atoms with Gasteiger partial charge in [-0.1, -0.05) is 25.0 Å². The summed E-state index contributed by atoms with van der Waals surface area (Å²) >= 11 is 0. The number of H-pyrrole nitrogens is 1. The molecule has 3 rings (SSSR count). The van der Waals surface area contributed by atoms with Crippen LogP contribution < -0.4 is 15.4 Å². The molecule has 1 unspecified atom stereocenters. The number of carbonyl (C=O) groups is 3. The molecule has 2 amide bonds. The number of Topliss-reactive ketones (excluding diaryl/α,β-unsaturated/α-hetero) is 1. The molecule has 7 nitrogen and oxygen atoms in total. The van der Waals surface area contributed by atoms with Gasteiger partial charge in [0.05, 0.1) is 19.2 Å². The minimum atomic E-state index is -0.834. The quantitative estimate of drug-likeness (QED) is 0.323. The second kappa shape index (κ2) is 12.1. The molecule has 3 N–H and O–H groups in total. The molecule has 0 bridgehead atoms. The van der Waals surface area contributed by atoms with Crippen LogP contribution in [0.25, 0.3) is 10.9 Å². The zero-order valence-electron chi connectivity index (χ0n) is 20.4. The maximum Gasteiger partial charge on any atom is 0.247 e. The predicted octanol–water partition coefficient (Wildman–Crippen LogP) is 4.83. The molecule has 0 radical (unpaired) electrons. The number of aryl methyl sites for hydroxylation is 1. The molecule has 3 aromatic rings. The maximum atomic E-state index is 14.1. The summed E-state index contributed by atoms with van der Waals surface area (Å²) in [7, 11) is 1.59. The lowest BCUT2D eigenvalue weighted by molar-refractivity contribution is -0.126. The lowest BCUT2D eigenvalue weighted by Crippen LogP contribution is -2.44. The van der Waals surface area contributed by atoms with Crippen molar-refractivity contribution in [2.24, 2.45) is 0 Å². The van der Waals surface area contributed by atoms with Crippen molar-refractivity contribution in [2.75, 3.05) is 12.4 Å². The number of methoxy groups -OCH3 is 1. The van der Waals surface area contributed by atoms with E-state index in [4.69, 9.17) is 4.74 Å². The van der Waals surface area contributed by atoms with Crippen molar-refractivity contribution in [1.29, 1.82) is 0 Å². The van der Waals surface area contributed by atoms with Crippen LogP contribution in [0.15, 0.2) is 42.5 Å². The van der Waals surface area contributed by atoms with Gasteiger partial charge in [0.2, 0.25) is 11.8 Å². The van der Waals surface area contributed by atoms with E-state index >= 15 is 0 Å². The predicted molar refractivity (Wildman–Crippen MR) is 134 cm³/mol. The van der Waals surface area contributed by atoms with E-state index in [9.17, 15) is 18.8 Å². The molecule has 1 atom stereocenters. The zero-order valence-corrected chi connectivity index (χ0v) is 20.4. The van der Waals surface area contributed by atoms with E-state index in [0.717, 1.165) is 35.0 Å². The van der Waals surface area contributed by atoms with Crippen molar-refractivity contribution < 1.29 is 23.5 Å². The first-order chi connectivity index (χ1) is 16.8. The van der Waals surface area contributed by atoms with Crippen LogP contribution in [0.3, 0.4) is 0 Å². The largest absolute Gasteiger partial charge is 0.497 e. The maximum absolute atomic E-state index is 14.1. The number of unbranched alkanes of at least 4 members (excludes halogenated alkanes) is 2. The van der Waals surface area contributed by atoms with Crippen molar-refractivity contribution in [3.63, 3.8) is 0 Å². The van der Waals surface area contributed by atoms with Crippen LogP contribution >= 0.6 is 0 Å². The van der Waals surface area contributed by atoms with Gasteiger partial charge in [-0.2, -0.15) is 0 Å². The number of halogens is 1. The van der Waals surface area contributed by atoms with Gasteiger partial charge in [-0.05, 0) is 62.6 Å². The van der Waals surface area contributed by atoms with Crippen molar-refractivity contribution in [2.45, 2.75) is 58.4 Å². The average molecular weight is 482 g/mol. The normalized spacial score (nSPS) is 11.8. The van der Waals surface area contributed by atoms with E-state index in [2.05, 4.69) is 15.6 Å². The fourth-order valence-electron chi connectivity index (χ4n) is 4.07. The van der Waals surface area contributed by atoms with E-state index in [1.807, 2.05) is 25.1 Å². The highest BCUT2D eigenvalue weighted by atomic mass is 19.1. The number of para-hydroxylation sites is 1. The van der Waals surface area contributed by atoms with Gasteiger partial charge in [-0.25, -0.2) is 4.39 Å². The van der Waals surface area contributed by atoms with Gasteiger partial charge in [0.1, 0.15) is 23.4 Å². The molecule has 0 saturated carbocycles. The molecule has 1 heterocycles. The molecule has 0 aliphatic heterocycles. The van der Waals surface area contributed by atoms with Crippen molar-refractivity contribution in [1.82, 2.24) is 10.3 Å². The zero-order chi connectivity index (χ0) is 25.4. The molecule has 0 fully saturated rings. The SMILES string of the molecule is COc1ccc2[nH]c(C)c(CC(=O)NC(CCCCCC(C)=O)C(=O)Nc3ccccc3F)c2c1. The lowest BCUT2D eigenvalue weighted by atomic mass is 10.0. The molecule has 0 aliphatic rings.